The lowest BCUT2D eigenvalue weighted by atomic mass is 9.97. The van der Waals surface area contributed by atoms with E-state index in [2.05, 4.69) is 10.1 Å². The van der Waals surface area contributed by atoms with Crippen molar-refractivity contribution in [3.05, 3.63) is 59.4 Å². The summed E-state index contributed by atoms with van der Waals surface area (Å²) in [6, 6.07) is 14.5. The molecule has 2 aromatic carbocycles. The van der Waals surface area contributed by atoms with Crippen LogP contribution in [0, 0.1) is 0 Å². The van der Waals surface area contributed by atoms with E-state index in [1.54, 1.807) is 43.5 Å². The van der Waals surface area contributed by atoms with Gasteiger partial charge < -0.3 is 18.9 Å². The van der Waals surface area contributed by atoms with Gasteiger partial charge >= 0.3 is 0 Å². The van der Waals surface area contributed by atoms with Gasteiger partial charge in [-0.2, -0.15) is 4.98 Å². The largest absolute Gasteiger partial charge is 0.497 e. The number of hydrogen-bond acceptors (Lipinski definition) is 6. The first-order valence-corrected chi connectivity index (χ1v) is 10.1. The van der Waals surface area contributed by atoms with Gasteiger partial charge in [-0.05, 0) is 61.4 Å². The van der Waals surface area contributed by atoms with Gasteiger partial charge in [-0.25, -0.2) is 0 Å². The Morgan fingerprint density at radius 3 is 2.43 bits per heavy atom. The van der Waals surface area contributed by atoms with E-state index in [4.69, 9.17) is 25.6 Å². The lowest BCUT2D eigenvalue weighted by Gasteiger charge is -2.30. The minimum absolute atomic E-state index is 0.0122. The third-order valence-corrected chi connectivity index (χ3v) is 5.41. The van der Waals surface area contributed by atoms with Gasteiger partial charge in [0.05, 0.1) is 7.11 Å². The Kier molecular flexibility index (Phi) is 6.18. The third kappa shape index (κ3) is 4.74. The Hall–Kier alpha value is -3.06. The highest BCUT2D eigenvalue weighted by Gasteiger charge is 2.27. The van der Waals surface area contributed by atoms with Crippen LogP contribution in [0.25, 0.3) is 11.4 Å². The number of methoxy groups -OCH3 is 1. The van der Waals surface area contributed by atoms with E-state index in [1.807, 2.05) is 17.0 Å². The Balaban J connectivity index is 1.28. The van der Waals surface area contributed by atoms with Crippen LogP contribution in [-0.4, -0.2) is 47.8 Å². The van der Waals surface area contributed by atoms with E-state index < -0.39 is 0 Å². The van der Waals surface area contributed by atoms with Gasteiger partial charge in [0.25, 0.3) is 5.91 Å². The van der Waals surface area contributed by atoms with E-state index in [-0.39, 0.29) is 18.4 Å². The molecule has 0 unspecified atom stereocenters. The SMILES string of the molecule is COc1ccc(OCC(=O)N2CCC(c3nc(-c4ccc(Cl)cc4)no3)CC2)cc1. The first-order valence-electron chi connectivity index (χ1n) is 9.76. The Labute approximate surface area is 179 Å². The van der Waals surface area contributed by atoms with Crippen LogP contribution in [-0.2, 0) is 4.79 Å². The standard InChI is InChI=1S/C22H22ClN3O4/c1-28-18-6-8-19(9-7-18)29-14-20(27)26-12-10-16(11-13-26)22-24-21(25-30-22)15-2-4-17(23)5-3-15/h2-9,16H,10-14H2,1H3. The summed E-state index contributed by atoms with van der Waals surface area (Å²) in [7, 11) is 1.61. The second kappa shape index (κ2) is 9.17. The quantitative estimate of drug-likeness (QED) is 0.587. The molecule has 0 aliphatic carbocycles. The molecule has 1 aliphatic rings. The zero-order valence-electron chi connectivity index (χ0n) is 16.6. The molecule has 156 valence electrons. The summed E-state index contributed by atoms with van der Waals surface area (Å²) < 4.78 is 16.2. The van der Waals surface area contributed by atoms with Crippen LogP contribution in [0.5, 0.6) is 11.5 Å². The summed E-state index contributed by atoms with van der Waals surface area (Å²) in [6.45, 7) is 1.28. The summed E-state index contributed by atoms with van der Waals surface area (Å²) in [5.41, 5.74) is 0.859. The van der Waals surface area contributed by atoms with Gasteiger partial charge in [-0.1, -0.05) is 16.8 Å². The number of benzene rings is 2. The summed E-state index contributed by atoms with van der Waals surface area (Å²) in [6.07, 6.45) is 1.55. The number of carbonyl (C=O) groups excluding carboxylic acids is 1. The Bertz CT molecular complexity index is 980. The fraction of sp³-hybridized carbons (Fsp3) is 0.318. The van der Waals surface area contributed by atoms with Crippen LogP contribution >= 0.6 is 11.6 Å². The average molecular weight is 428 g/mol. The molecule has 0 saturated carbocycles. The number of carbonyl (C=O) groups is 1. The monoisotopic (exact) mass is 427 g/mol. The van der Waals surface area contributed by atoms with Crippen LogP contribution in [0.2, 0.25) is 5.02 Å². The molecule has 3 aromatic rings. The second-order valence-electron chi connectivity index (χ2n) is 7.08. The first kappa shape index (κ1) is 20.2. The summed E-state index contributed by atoms with van der Waals surface area (Å²) in [5, 5.41) is 4.74. The number of hydrogen-bond donors (Lipinski definition) is 0. The predicted octanol–water partition coefficient (Wildman–Crippen LogP) is 4.18. The molecule has 1 aromatic heterocycles. The van der Waals surface area contributed by atoms with Crippen LogP contribution < -0.4 is 9.47 Å². The lowest BCUT2D eigenvalue weighted by molar-refractivity contribution is -0.134. The Morgan fingerprint density at radius 1 is 1.10 bits per heavy atom. The van der Waals surface area contributed by atoms with Gasteiger partial charge in [0.2, 0.25) is 11.7 Å². The summed E-state index contributed by atoms with van der Waals surface area (Å²) in [4.78, 5) is 18.8. The highest BCUT2D eigenvalue weighted by molar-refractivity contribution is 6.30. The number of likely N-dealkylation sites (tertiary alicyclic amines) is 1. The van der Waals surface area contributed by atoms with Crippen molar-refractivity contribution in [2.24, 2.45) is 0 Å². The van der Waals surface area contributed by atoms with Gasteiger partial charge in [0.1, 0.15) is 11.5 Å². The van der Waals surface area contributed by atoms with E-state index in [0.717, 1.165) is 24.2 Å². The molecular weight excluding hydrogens is 406 g/mol. The highest BCUT2D eigenvalue weighted by atomic mass is 35.5. The normalized spacial score (nSPS) is 14.5. The van der Waals surface area contributed by atoms with Crippen LogP contribution in [0.4, 0.5) is 0 Å². The number of rotatable bonds is 6. The molecule has 1 fully saturated rings. The van der Waals surface area contributed by atoms with E-state index in [9.17, 15) is 4.79 Å². The van der Waals surface area contributed by atoms with E-state index in [0.29, 0.717) is 35.6 Å². The predicted molar refractivity (Wildman–Crippen MR) is 112 cm³/mol. The van der Waals surface area contributed by atoms with Crippen molar-refractivity contribution in [2.75, 3.05) is 26.8 Å². The third-order valence-electron chi connectivity index (χ3n) is 5.16. The van der Waals surface area contributed by atoms with Crippen LogP contribution in [0.1, 0.15) is 24.7 Å². The number of piperidine rings is 1. The van der Waals surface area contributed by atoms with Gasteiger partial charge in [-0.3, -0.25) is 4.79 Å². The summed E-state index contributed by atoms with van der Waals surface area (Å²) >= 11 is 5.92. The molecule has 1 aliphatic heterocycles. The van der Waals surface area contributed by atoms with Gasteiger partial charge in [0.15, 0.2) is 6.61 Å². The number of nitrogens with zero attached hydrogens (tertiary/aromatic N) is 3. The molecule has 30 heavy (non-hydrogen) atoms. The maximum absolute atomic E-state index is 12.5. The molecule has 2 heterocycles. The minimum Gasteiger partial charge on any atom is -0.497 e. The van der Waals surface area contributed by atoms with Crippen molar-refractivity contribution in [1.82, 2.24) is 15.0 Å². The zero-order chi connectivity index (χ0) is 20.9. The van der Waals surface area contributed by atoms with Gasteiger partial charge in [0, 0.05) is 29.6 Å². The molecule has 4 rings (SSSR count). The van der Waals surface area contributed by atoms with Crippen molar-refractivity contribution >= 4 is 17.5 Å². The molecule has 0 radical (unpaired) electrons. The maximum atomic E-state index is 12.5. The van der Waals surface area contributed by atoms with Crippen molar-refractivity contribution in [3.63, 3.8) is 0 Å². The number of amides is 1. The molecular formula is C22H22ClN3O4. The van der Waals surface area contributed by atoms with Crippen LogP contribution in [0.3, 0.4) is 0 Å². The molecule has 1 saturated heterocycles. The zero-order valence-corrected chi connectivity index (χ0v) is 17.3. The molecule has 8 heteroatoms. The lowest BCUT2D eigenvalue weighted by Crippen LogP contribution is -2.40. The highest BCUT2D eigenvalue weighted by Crippen LogP contribution is 2.29. The van der Waals surface area contributed by atoms with Crippen LogP contribution in [0.15, 0.2) is 53.1 Å². The minimum atomic E-state index is -0.0309. The molecule has 0 spiro atoms. The molecule has 1 amide bonds. The number of ether oxygens (including phenoxy) is 2. The molecule has 7 nitrogen and oxygen atoms in total. The van der Waals surface area contributed by atoms with Crippen molar-refractivity contribution in [3.8, 4) is 22.9 Å². The number of aromatic nitrogens is 2. The maximum Gasteiger partial charge on any atom is 0.260 e. The van der Waals surface area contributed by atoms with E-state index in [1.165, 1.54) is 0 Å². The topological polar surface area (TPSA) is 77.7 Å². The average Bonchev–Trinajstić information content (AvgIpc) is 3.29. The van der Waals surface area contributed by atoms with Crippen molar-refractivity contribution < 1.29 is 18.8 Å². The van der Waals surface area contributed by atoms with Crippen molar-refractivity contribution in [1.29, 1.82) is 0 Å². The molecule has 0 atom stereocenters. The van der Waals surface area contributed by atoms with Crippen molar-refractivity contribution in [2.45, 2.75) is 18.8 Å². The first-order chi connectivity index (χ1) is 14.6. The van der Waals surface area contributed by atoms with Gasteiger partial charge in [-0.15, -0.1) is 0 Å². The number of halogens is 1. The summed E-state index contributed by atoms with van der Waals surface area (Å²) in [5.74, 6) is 2.66. The smallest absolute Gasteiger partial charge is 0.260 e. The molecule has 0 bridgehead atoms. The fourth-order valence-electron chi connectivity index (χ4n) is 3.40. The fourth-order valence-corrected chi connectivity index (χ4v) is 3.53. The second-order valence-corrected chi connectivity index (χ2v) is 7.52. The Morgan fingerprint density at radius 2 is 1.77 bits per heavy atom. The van der Waals surface area contributed by atoms with E-state index >= 15 is 0 Å². The molecule has 0 N–H and O–H groups in total.